The van der Waals surface area contributed by atoms with E-state index < -0.39 is 5.91 Å². The second-order valence-corrected chi connectivity index (χ2v) is 7.39. The number of rotatable bonds is 4. The number of aromatic nitrogens is 2. The number of imidazole rings is 1. The zero-order valence-electron chi connectivity index (χ0n) is 15.3. The highest BCUT2D eigenvalue weighted by molar-refractivity contribution is 6.33. The van der Waals surface area contributed by atoms with Crippen molar-refractivity contribution < 1.29 is 9.59 Å². The summed E-state index contributed by atoms with van der Waals surface area (Å²) in [6.07, 6.45) is 7.16. The first-order valence-corrected chi connectivity index (χ1v) is 9.85. The zero-order chi connectivity index (χ0) is 19.5. The molecule has 144 valence electrons. The summed E-state index contributed by atoms with van der Waals surface area (Å²) in [5, 5.41) is 6.27. The van der Waals surface area contributed by atoms with Crippen LogP contribution in [-0.4, -0.2) is 27.2 Å². The van der Waals surface area contributed by atoms with E-state index in [4.69, 9.17) is 11.6 Å². The standard InChI is InChI=1S/C21H21ClN4O2/c22-15-10-4-5-11-16(15)24-21(28)19-25-18(17-12-6-7-13-26(17)19)20(27)23-14-8-2-1-3-9-14/h4-7,10-14H,1-3,8-9H2,(H,23,27)(H,24,28). The van der Waals surface area contributed by atoms with Crippen LogP contribution in [0.15, 0.2) is 48.7 Å². The molecule has 7 heteroatoms. The minimum Gasteiger partial charge on any atom is -0.348 e. The first kappa shape index (κ1) is 18.5. The quantitative estimate of drug-likeness (QED) is 0.690. The Morgan fingerprint density at radius 2 is 1.75 bits per heavy atom. The Morgan fingerprint density at radius 1 is 1.00 bits per heavy atom. The van der Waals surface area contributed by atoms with Crippen molar-refractivity contribution in [1.82, 2.24) is 14.7 Å². The first-order valence-electron chi connectivity index (χ1n) is 9.47. The number of carbonyl (C=O) groups is 2. The summed E-state index contributed by atoms with van der Waals surface area (Å²) in [7, 11) is 0. The number of fused-ring (bicyclic) bond motifs is 1. The molecule has 1 fully saturated rings. The van der Waals surface area contributed by atoms with E-state index in [0.29, 0.717) is 16.2 Å². The van der Waals surface area contributed by atoms with Crippen molar-refractivity contribution in [3.05, 3.63) is 65.2 Å². The molecule has 1 saturated carbocycles. The normalized spacial score (nSPS) is 14.8. The topological polar surface area (TPSA) is 75.5 Å². The fourth-order valence-corrected chi connectivity index (χ4v) is 3.79. The molecular weight excluding hydrogens is 376 g/mol. The Morgan fingerprint density at radius 3 is 2.54 bits per heavy atom. The van der Waals surface area contributed by atoms with Crippen molar-refractivity contribution in [3.63, 3.8) is 0 Å². The van der Waals surface area contributed by atoms with Gasteiger partial charge in [0, 0.05) is 12.2 Å². The van der Waals surface area contributed by atoms with Crippen molar-refractivity contribution in [3.8, 4) is 0 Å². The minimum absolute atomic E-state index is 0.143. The third-order valence-corrected chi connectivity index (χ3v) is 5.36. The molecule has 2 heterocycles. The highest BCUT2D eigenvalue weighted by Gasteiger charge is 2.24. The second kappa shape index (κ2) is 8.02. The summed E-state index contributed by atoms with van der Waals surface area (Å²) >= 11 is 6.13. The summed E-state index contributed by atoms with van der Waals surface area (Å²) in [6.45, 7) is 0. The van der Waals surface area contributed by atoms with Crippen molar-refractivity contribution in [1.29, 1.82) is 0 Å². The number of hydrogen-bond acceptors (Lipinski definition) is 3. The molecule has 0 spiro atoms. The van der Waals surface area contributed by atoms with Gasteiger partial charge in [-0.1, -0.05) is 49.1 Å². The predicted molar refractivity (Wildman–Crippen MR) is 109 cm³/mol. The number of anilines is 1. The van der Waals surface area contributed by atoms with Crippen LogP contribution in [0.25, 0.3) is 5.52 Å². The highest BCUT2D eigenvalue weighted by atomic mass is 35.5. The highest BCUT2D eigenvalue weighted by Crippen LogP contribution is 2.22. The summed E-state index contributed by atoms with van der Waals surface area (Å²) in [6, 6.07) is 12.6. The van der Waals surface area contributed by atoms with Crippen LogP contribution >= 0.6 is 11.6 Å². The monoisotopic (exact) mass is 396 g/mol. The molecule has 0 atom stereocenters. The molecular formula is C21H21ClN4O2. The third-order valence-electron chi connectivity index (χ3n) is 5.03. The van der Waals surface area contributed by atoms with E-state index in [9.17, 15) is 9.59 Å². The van der Waals surface area contributed by atoms with E-state index >= 15 is 0 Å². The number of para-hydroxylation sites is 1. The van der Waals surface area contributed by atoms with E-state index in [1.54, 1.807) is 47.0 Å². The van der Waals surface area contributed by atoms with Gasteiger partial charge in [-0.25, -0.2) is 4.98 Å². The Balaban J connectivity index is 1.63. The molecule has 3 aromatic rings. The average molecular weight is 397 g/mol. The Bertz CT molecular complexity index is 1020. The molecule has 1 aromatic carbocycles. The number of benzene rings is 1. The molecule has 28 heavy (non-hydrogen) atoms. The summed E-state index contributed by atoms with van der Waals surface area (Å²) in [4.78, 5) is 30.0. The van der Waals surface area contributed by atoms with Gasteiger partial charge in [0.2, 0.25) is 5.82 Å². The fourth-order valence-electron chi connectivity index (χ4n) is 3.61. The second-order valence-electron chi connectivity index (χ2n) is 6.98. The Labute approximate surface area is 167 Å². The van der Waals surface area contributed by atoms with E-state index in [2.05, 4.69) is 15.6 Å². The molecule has 0 unspecified atom stereocenters. The molecule has 2 aromatic heterocycles. The number of nitrogens with one attached hydrogen (secondary N) is 2. The lowest BCUT2D eigenvalue weighted by molar-refractivity contribution is 0.0925. The lowest BCUT2D eigenvalue weighted by atomic mass is 9.95. The van der Waals surface area contributed by atoms with Gasteiger partial charge in [0.05, 0.1) is 16.2 Å². The van der Waals surface area contributed by atoms with Crippen molar-refractivity contribution in [2.24, 2.45) is 0 Å². The van der Waals surface area contributed by atoms with Crippen LogP contribution in [0.1, 0.15) is 53.2 Å². The van der Waals surface area contributed by atoms with Gasteiger partial charge >= 0.3 is 0 Å². The number of halogens is 1. The van der Waals surface area contributed by atoms with Crippen LogP contribution in [0.5, 0.6) is 0 Å². The molecule has 0 bridgehead atoms. The number of pyridine rings is 1. The van der Waals surface area contributed by atoms with E-state index in [1.165, 1.54) is 6.42 Å². The fraction of sp³-hybridized carbons (Fsp3) is 0.286. The van der Waals surface area contributed by atoms with E-state index in [1.807, 2.05) is 6.07 Å². The largest absolute Gasteiger partial charge is 0.348 e. The van der Waals surface area contributed by atoms with Gasteiger partial charge in [-0.15, -0.1) is 0 Å². The lowest BCUT2D eigenvalue weighted by Gasteiger charge is -2.22. The SMILES string of the molecule is O=C(NC1CCCCC1)c1nc(C(=O)Nc2ccccc2Cl)n2ccccc12. The van der Waals surface area contributed by atoms with Crippen LogP contribution in [-0.2, 0) is 0 Å². The van der Waals surface area contributed by atoms with Crippen molar-refractivity contribution in [2.75, 3.05) is 5.32 Å². The molecule has 1 aliphatic carbocycles. The Hall–Kier alpha value is -2.86. The van der Waals surface area contributed by atoms with Gasteiger partial charge in [-0.05, 0) is 37.1 Å². The number of nitrogens with zero attached hydrogens (tertiary/aromatic N) is 2. The van der Waals surface area contributed by atoms with Gasteiger partial charge < -0.3 is 10.6 Å². The summed E-state index contributed by atoms with van der Waals surface area (Å²) < 4.78 is 1.63. The van der Waals surface area contributed by atoms with E-state index in [-0.39, 0.29) is 23.5 Å². The van der Waals surface area contributed by atoms with Crippen molar-refractivity contribution in [2.45, 2.75) is 38.1 Å². The maximum atomic E-state index is 12.8. The minimum atomic E-state index is -0.425. The van der Waals surface area contributed by atoms with Crippen LogP contribution in [0.4, 0.5) is 5.69 Å². The average Bonchev–Trinajstić information content (AvgIpc) is 3.10. The maximum absolute atomic E-state index is 12.8. The van der Waals surface area contributed by atoms with Crippen molar-refractivity contribution >= 4 is 34.6 Å². The van der Waals surface area contributed by atoms with Crippen LogP contribution in [0.2, 0.25) is 5.02 Å². The molecule has 6 nitrogen and oxygen atoms in total. The summed E-state index contributed by atoms with van der Waals surface area (Å²) in [5.41, 5.74) is 1.35. The molecule has 1 aliphatic rings. The molecule has 0 saturated heterocycles. The predicted octanol–water partition coefficient (Wildman–Crippen LogP) is 4.30. The molecule has 0 aliphatic heterocycles. The zero-order valence-corrected chi connectivity index (χ0v) is 16.1. The summed E-state index contributed by atoms with van der Waals surface area (Å²) in [5.74, 6) is -0.525. The smallest absolute Gasteiger partial charge is 0.292 e. The molecule has 4 rings (SSSR count). The van der Waals surface area contributed by atoms with E-state index in [0.717, 1.165) is 25.7 Å². The van der Waals surface area contributed by atoms with Gasteiger partial charge in [0.25, 0.3) is 11.8 Å². The Kier molecular flexibility index (Phi) is 5.30. The third kappa shape index (κ3) is 3.73. The maximum Gasteiger partial charge on any atom is 0.292 e. The lowest BCUT2D eigenvalue weighted by Crippen LogP contribution is -2.36. The number of hydrogen-bond donors (Lipinski definition) is 2. The first-order chi connectivity index (χ1) is 13.6. The van der Waals surface area contributed by atoms with Gasteiger partial charge in [0.15, 0.2) is 5.69 Å². The number of carbonyl (C=O) groups excluding carboxylic acids is 2. The van der Waals surface area contributed by atoms with Gasteiger partial charge in [0.1, 0.15) is 0 Å². The molecule has 0 radical (unpaired) electrons. The molecule has 2 amide bonds. The van der Waals surface area contributed by atoms with Gasteiger partial charge in [-0.2, -0.15) is 0 Å². The van der Waals surface area contributed by atoms with Crippen LogP contribution < -0.4 is 10.6 Å². The molecule has 2 N–H and O–H groups in total. The van der Waals surface area contributed by atoms with Crippen LogP contribution in [0, 0.1) is 0 Å². The van der Waals surface area contributed by atoms with Gasteiger partial charge in [-0.3, -0.25) is 14.0 Å². The van der Waals surface area contributed by atoms with Crippen LogP contribution in [0.3, 0.4) is 0 Å². The number of amides is 2.